The maximum Gasteiger partial charge on any atom is 0.270 e. The van der Waals surface area contributed by atoms with Crippen LogP contribution in [0.25, 0.3) is 11.3 Å². The van der Waals surface area contributed by atoms with E-state index in [1.165, 1.54) is 12.8 Å². The monoisotopic (exact) mass is 344 g/mol. The lowest BCUT2D eigenvalue weighted by Crippen LogP contribution is -2.45. The number of aromatic nitrogens is 2. The minimum absolute atomic E-state index is 0.105. The number of piperidine rings is 1. The molecule has 2 fully saturated rings. The van der Waals surface area contributed by atoms with E-state index in [1.54, 1.807) is 11.3 Å². The molecule has 1 amide bonds. The summed E-state index contributed by atoms with van der Waals surface area (Å²) in [4.78, 5) is 22.3. The molecule has 3 heterocycles. The number of aryl methyl sites for hydroxylation is 1. The van der Waals surface area contributed by atoms with Crippen LogP contribution in [0.3, 0.4) is 0 Å². The van der Waals surface area contributed by atoms with E-state index in [-0.39, 0.29) is 5.91 Å². The molecule has 0 radical (unpaired) electrons. The fraction of sp³-hybridized carbons (Fsp3) is 0.556. The van der Waals surface area contributed by atoms with E-state index in [0.717, 1.165) is 54.7 Å². The van der Waals surface area contributed by atoms with Crippen LogP contribution in [0.4, 0.5) is 0 Å². The average molecular weight is 344 g/mol. The van der Waals surface area contributed by atoms with E-state index >= 15 is 0 Å². The Hall–Kier alpha value is -1.66. The van der Waals surface area contributed by atoms with Gasteiger partial charge in [0, 0.05) is 36.3 Å². The summed E-state index contributed by atoms with van der Waals surface area (Å²) >= 11 is 1.63. The van der Waals surface area contributed by atoms with Crippen LogP contribution >= 0.6 is 11.3 Å². The summed E-state index contributed by atoms with van der Waals surface area (Å²) < 4.78 is 0. The van der Waals surface area contributed by atoms with Gasteiger partial charge in [-0.2, -0.15) is 0 Å². The maximum absolute atomic E-state index is 12.7. The highest BCUT2D eigenvalue weighted by molar-refractivity contribution is 7.09. The minimum Gasteiger partial charge on any atom is -0.357 e. The molecule has 0 aromatic carbocycles. The molecule has 0 unspecified atom stereocenters. The Bertz CT molecular complexity index is 710. The zero-order chi connectivity index (χ0) is 16.5. The molecule has 128 valence electrons. The molecule has 24 heavy (non-hydrogen) atoms. The van der Waals surface area contributed by atoms with Crippen LogP contribution < -0.4 is 5.32 Å². The quantitative estimate of drug-likeness (QED) is 0.876. The molecular weight excluding hydrogens is 320 g/mol. The fourth-order valence-corrected chi connectivity index (χ4v) is 3.90. The van der Waals surface area contributed by atoms with E-state index in [0.29, 0.717) is 11.7 Å². The number of carbonyl (C=O) groups is 1. The Morgan fingerprint density at radius 1 is 1.38 bits per heavy atom. The average Bonchev–Trinajstić information content (AvgIpc) is 3.12. The van der Waals surface area contributed by atoms with E-state index in [1.807, 2.05) is 29.5 Å². The molecule has 1 saturated carbocycles. The number of hydrogen-bond acceptors (Lipinski definition) is 4. The first-order valence-corrected chi connectivity index (χ1v) is 9.70. The molecule has 2 aliphatic rings. The highest BCUT2D eigenvalue weighted by Crippen LogP contribution is 2.28. The van der Waals surface area contributed by atoms with Crippen LogP contribution in [0.1, 0.15) is 41.2 Å². The smallest absolute Gasteiger partial charge is 0.270 e. The third-order valence-corrected chi connectivity index (χ3v) is 5.78. The van der Waals surface area contributed by atoms with Crippen molar-refractivity contribution < 1.29 is 4.79 Å². The lowest BCUT2D eigenvalue weighted by molar-refractivity contribution is 0.0700. The molecule has 0 bridgehead atoms. The molecule has 2 aromatic rings. The van der Waals surface area contributed by atoms with Crippen molar-refractivity contribution in [1.82, 2.24) is 20.2 Å². The second kappa shape index (κ2) is 6.69. The zero-order valence-electron chi connectivity index (χ0n) is 14.0. The van der Waals surface area contributed by atoms with E-state index in [2.05, 4.69) is 15.3 Å². The van der Waals surface area contributed by atoms with E-state index < -0.39 is 0 Å². The van der Waals surface area contributed by atoms with Gasteiger partial charge in [-0.3, -0.25) is 4.79 Å². The molecule has 2 N–H and O–H groups in total. The third kappa shape index (κ3) is 3.54. The summed E-state index contributed by atoms with van der Waals surface area (Å²) in [6.07, 6.45) is 6.76. The molecule has 6 heteroatoms. The van der Waals surface area contributed by atoms with Crippen LogP contribution in [0, 0.1) is 12.8 Å². The predicted molar refractivity (Wildman–Crippen MR) is 96.3 cm³/mol. The Balaban J connectivity index is 1.33. The van der Waals surface area contributed by atoms with Gasteiger partial charge in [-0.1, -0.05) is 0 Å². The van der Waals surface area contributed by atoms with Crippen molar-refractivity contribution in [2.75, 3.05) is 19.6 Å². The van der Waals surface area contributed by atoms with Crippen LogP contribution in [0.15, 0.2) is 17.6 Å². The molecule has 4 rings (SSSR count). The van der Waals surface area contributed by atoms with E-state index in [9.17, 15) is 4.79 Å². The van der Waals surface area contributed by atoms with Gasteiger partial charge in [-0.25, -0.2) is 4.98 Å². The van der Waals surface area contributed by atoms with Crippen LogP contribution in [0.2, 0.25) is 0 Å². The molecule has 0 atom stereocenters. The lowest BCUT2D eigenvalue weighted by atomic mass is 10.0. The first kappa shape index (κ1) is 15.8. The third-order valence-electron chi connectivity index (χ3n) is 5.00. The van der Waals surface area contributed by atoms with Crippen molar-refractivity contribution in [2.24, 2.45) is 5.92 Å². The van der Waals surface area contributed by atoms with Gasteiger partial charge in [0.15, 0.2) is 0 Å². The summed E-state index contributed by atoms with van der Waals surface area (Å²) in [5, 5.41) is 6.73. The summed E-state index contributed by atoms with van der Waals surface area (Å²) in [6.45, 7) is 4.83. The Labute approximate surface area is 146 Å². The topological polar surface area (TPSA) is 61.0 Å². The first-order chi connectivity index (χ1) is 11.7. The number of carbonyl (C=O) groups excluding carboxylic acids is 1. The number of H-pyrrole nitrogens is 1. The van der Waals surface area contributed by atoms with Gasteiger partial charge in [0.1, 0.15) is 5.69 Å². The molecule has 1 aliphatic heterocycles. The summed E-state index contributed by atoms with van der Waals surface area (Å²) in [5.74, 6) is 1.02. The normalized spacial score (nSPS) is 19.0. The first-order valence-electron chi connectivity index (χ1n) is 8.82. The SMILES string of the molecule is Cc1nc(-c2c[nH]c(C(=O)N3CCC(NCC4CC4)CC3)c2)cs1. The number of aromatic amines is 1. The summed E-state index contributed by atoms with van der Waals surface area (Å²) in [6, 6.07) is 2.50. The second-order valence-electron chi connectivity index (χ2n) is 6.97. The van der Waals surface area contributed by atoms with Gasteiger partial charge in [-0.05, 0) is 51.1 Å². The van der Waals surface area contributed by atoms with Crippen LogP contribution in [0.5, 0.6) is 0 Å². The van der Waals surface area contributed by atoms with Crippen LogP contribution in [-0.2, 0) is 0 Å². The van der Waals surface area contributed by atoms with Gasteiger partial charge in [-0.15, -0.1) is 11.3 Å². The van der Waals surface area contributed by atoms with Crippen molar-refractivity contribution >= 4 is 17.2 Å². The fourth-order valence-electron chi connectivity index (χ4n) is 3.27. The number of hydrogen-bond donors (Lipinski definition) is 2. The molecule has 5 nitrogen and oxygen atoms in total. The zero-order valence-corrected chi connectivity index (χ0v) is 14.9. The summed E-state index contributed by atoms with van der Waals surface area (Å²) in [7, 11) is 0. The van der Waals surface area contributed by atoms with E-state index in [4.69, 9.17) is 0 Å². The Kier molecular flexibility index (Phi) is 4.41. The number of rotatable bonds is 5. The lowest BCUT2D eigenvalue weighted by Gasteiger charge is -2.32. The van der Waals surface area contributed by atoms with Crippen molar-refractivity contribution in [3.05, 3.63) is 28.3 Å². The van der Waals surface area contributed by atoms with Crippen molar-refractivity contribution in [3.8, 4) is 11.3 Å². The molecule has 1 aliphatic carbocycles. The van der Waals surface area contributed by atoms with Crippen molar-refractivity contribution in [1.29, 1.82) is 0 Å². The predicted octanol–water partition coefficient (Wildman–Crippen LogP) is 3.05. The molecule has 0 spiro atoms. The van der Waals surface area contributed by atoms with Crippen molar-refractivity contribution in [3.63, 3.8) is 0 Å². The number of likely N-dealkylation sites (tertiary alicyclic amines) is 1. The van der Waals surface area contributed by atoms with Gasteiger partial charge in [0.2, 0.25) is 0 Å². The minimum atomic E-state index is 0.105. The maximum atomic E-state index is 12.7. The van der Waals surface area contributed by atoms with Gasteiger partial charge in [0.25, 0.3) is 5.91 Å². The largest absolute Gasteiger partial charge is 0.357 e. The molecule has 2 aromatic heterocycles. The second-order valence-corrected chi connectivity index (χ2v) is 8.03. The number of amides is 1. The number of nitrogens with zero attached hydrogens (tertiary/aromatic N) is 2. The van der Waals surface area contributed by atoms with Crippen molar-refractivity contribution in [2.45, 2.75) is 38.6 Å². The summed E-state index contributed by atoms with van der Waals surface area (Å²) in [5.41, 5.74) is 2.60. The highest BCUT2D eigenvalue weighted by Gasteiger charge is 2.26. The highest BCUT2D eigenvalue weighted by atomic mass is 32.1. The molecular formula is C18H24N4OS. The van der Waals surface area contributed by atoms with Crippen LogP contribution in [-0.4, -0.2) is 46.5 Å². The standard InChI is InChI=1S/C18H24N4OS/c1-12-21-17(11-24-12)14-8-16(20-10-14)18(23)22-6-4-15(5-7-22)19-9-13-2-3-13/h8,10-11,13,15,19-20H,2-7,9H2,1H3. The molecule has 1 saturated heterocycles. The van der Waals surface area contributed by atoms with Gasteiger partial charge in [0.05, 0.1) is 10.7 Å². The van der Waals surface area contributed by atoms with Gasteiger partial charge < -0.3 is 15.2 Å². The Morgan fingerprint density at radius 2 is 2.17 bits per heavy atom. The Morgan fingerprint density at radius 3 is 2.83 bits per heavy atom. The number of nitrogens with one attached hydrogen (secondary N) is 2. The number of thiazole rings is 1. The van der Waals surface area contributed by atoms with Gasteiger partial charge >= 0.3 is 0 Å².